The molecule has 0 N–H and O–H groups in total. The maximum atomic E-state index is 5.55. The molecule has 4 aliphatic rings. The third kappa shape index (κ3) is 9.83. The van der Waals surface area contributed by atoms with E-state index in [1.807, 2.05) is 0 Å². The molecule has 2 aliphatic carbocycles. The van der Waals surface area contributed by atoms with Crippen molar-refractivity contribution in [2.75, 3.05) is 9.80 Å². The van der Waals surface area contributed by atoms with E-state index in [4.69, 9.17) is 9.97 Å². The van der Waals surface area contributed by atoms with Crippen LogP contribution in [0.5, 0.6) is 0 Å². The van der Waals surface area contributed by atoms with E-state index in [1.54, 1.807) is 0 Å². The molecule has 2 fully saturated rings. The lowest BCUT2D eigenvalue weighted by atomic mass is 9.33. The molecule has 0 unspecified atom stereocenters. The van der Waals surface area contributed by atoms with E-state index in [0.717, 1.165) is 72.4 Å². The van der Waals surface area contributed by atoms with Crippen molar-refractivity contribution in [3.05, 3.63) is 181 Å². The van der Waals surface area contributed by atoms with Crippen LogP contribution in [0.25, 0.3) is 33.9 Å². The molecule has 0 radical (unpaired) electrons. The minimum absolute atomic E-state index is 0.0322. The minimum atomic E-state index is 0.0322. The summed E-state index contributed by atoms with van der Waals surface area (Å²) in [5.41, 5.74) is 22.5. The smallest absolute Gasteiger partial charge is 0.252 e. The number of rotatable bonds is 13. The fourth-order valence-electron chi connectivity index (χ4n) is 12.8. The van der Waals surface area contributed by atoms with E-state index in [2.05, 4.69) is 220 Å². The molecular formula is C66H65BI2N4. The summed E-state index contributed by atoms with van der Waals surface area (Å²) < 4.78 is 2.53. The molecule has 7 aromatic carbocycles. The predicted molar refractivity (Wildman–Crippen MR) is 327 cm³/mol. The van der Waals surface area contributed by atoms with Gasteiger partial charge in [-0.15, -0.1) is 0 Å². The lowest BCUT2D eigenvalue weighted by molar-refractivity contribution is 0.444. The van der Waals surface area contributed by atoms with Gasteiger partial charge >= 0.3 is 0 Å². The highest BCUT2D eigenvalue weighted by molar-refractivity contribution is 14.1. The summed E-state index contributed by atoms with van der Waals surface area (Å²) in [6, 6.07) is 58.4. The average molecular weight is 1180 g/mol. The maximum absolute atomic E-state index is 5.55. The Morgan fingerprint density at radius 3 is 1.36 bits per heavy atom. The van der Waals surface area contributed by atoms with Gasteiger partial charge in [-0.25, -0.2) is 9.97 Å². The van der Waals surface area contributed by atoms with Crippen molar-refractivity contribution >= 4 is 102 Å². The van der Waals surface area contributed by atoms with Gasteiger partial charge < -0.3 is 9.80 Å². The Hall–Kier alpha value is -5.26. The molecule has 0 bridgehead atoms. The highest BCUT2D eigenvalue weighted by Crippen LogP contribution is 2.48. The van der Waals surface area contributed by atoms with Crippen LogP contribution >= 0.6 is 45.2 Å². The molecule has 1 aromatic heterocycles. The van der Waals surface area contributed by atoms with Crippen LogP contribution in [0.4, 0.5) is 34.1 Å². The number of anilines is 6. The zero-order valence-corrected chi connectivity index (χ0v) is 46.8. The van der Waals surface area contributed by atoms with E-state index in [1.165, 1.54) is 144 Å². The normalized spacial score (nSPS) is 15.5. The van der Waals surface area contributed by atoms with Gasteiger partial charge in [0.15, 0.2) is 5.82 Å². The van der Waals surface area contributed by atoms with Gasteiger partial charge in [-0.2, -0.15) is 0 Å². The summed E-state index contributed by atoms with van der Waals surface area (Å²) >= 11 is 5.14. The lowest BCUT2D eigenvalue weighted by Gasteiger charge is -2.45. The van der Waals surface area contributed by atoms with E-state index in [-0.39, 0.29) is 6.71 Å². The van der Waals surface area contributed by atoms with Crippen molar-refractivity contribution in [2.45, 2.75) is 128 Å². The van der Waals surface area contributed by atoms with Crippen LogP contribution in [0.1, 0.15) is 138 Å². The van der Waals surface area contributed by atoms with Gasteiger partial charge in [0.25, 0.3) is 6.71 Å². The van der Waals surface area contributed by atoms with Gasteiger partial charge in [0.05, 0.1) is 11.4 Å². The zero-order chi connectivity index (χ0) is 49.4. The number of halogens is 2. The number of benzene rings is 7. The summed E-state index contributed by atoms with van der Waals surface area (Å²) in [5, 5.41) is 0. The second-order valence-corrected chi connectivity index (χ2v) is 23.9. The van der Waals surface area contributed by atoms with Crippen molar-refractivity contribution in [2.24, 2.45) is 0 Å². The third-order valence-electron chi connectivity index (χ3n) is 16.4. The Morgan fingerprint density at radius 2 is 0.918 bits per heavy atom. The Labute approximate surface area is 461 Å². The number of hydrogen-bond acceptors (Lipinski definition) is 4. The fraction of sp³-hybridized carbons (Fsp3) is 0.303. The molecule has 0 amide bonds. The third-order valence-corrected chi connectivity index (χ3v) is 17.7. The predicted octanol–water partition coefficient (Wildman–Crippen LogP) is 17.5. The van der Waals surface area contributed by atoms with Crippen LogP contribution in [0.3, 0.4) is 0 Å². The van der Waals surface area contributed by atoms with Gasteiger partial charge in [0, 0.05) is 58.0 Å². The van der Waals surface area contributed by atoms with Crippen LogP contribution < -0.4 is 26.2 Å². The molecular weight excluding hydrogens is 1110 g/mol. The number of unbranched alkanes of at least 4 members (excludes halogenated alkanes) is 2. The van der Waals surface area contributed by atoms with Crippen molar-refractivity contribution in [3.8, 4) is 33.9 Å². The van der Waals surface area contributed by atoms with Crippen molar-refractivity contribution in [3.63, 3.8) is 0 Å². The average Bonchev–Trinajstić information content (AvgIpc) is 3.44. The second-order valence-electron chi connectivity index (χ2n) is 21.4. The standard InChI is InChI=1S/C66H65BI2N4/c1-3-5-19-44-33-53(68)41-55(35-44)72-61-31-29-50(46-21-11-7-12-22-46)37-57(61)67-58-38-51(47-23-13-8-14-24-47)30-32-62(58)73(56-36-45(20-6-4-2)34-54(69)42-56)64-40-52(39-63(72)65(64)67)66-70-59(48-25-15-9-16-26-48)43-60(71-66)49-27-17-10-18-28-49/h9-10,15-18,25-43,46-47H,3-8,11-14,19-24H2,1-2H3. The monoisotopic (exact) mass is 1180 g/mol. The molecule has 73 heavy (non-hydrogen) atoms. The first-order valence-electron chi connectivity index (χ1n) is 27.6. The highest BCUT2D eigenvalue weighted by atomic mass is 127. The minimum Gasteiger partial charge on any atom is -0.311 e. The Bertz CT molecular complexity index is 3080. The van der Waals surface area contributed by atoms with Gasteiger partial charge in [-0.3, -0.25) is 0 Å². The van der Waals surface area contributed by atoms with Crippen LogP contribution in [0.2, 0.25) is 0 Å². The first kappa shape index (κ1) is 48.7. The molecule has 0 atom stereocenters. The molecule has 7 heteroatoms. The van der Waals surface area contributed by atoms with Gasteiger partial charge in [0.1, 0.15) is 0 Å². The van der Waals surface area contributed by atoms with Gasteiger partial charge in [-0.05, 0) is 214 Å². The zero-order valence-electron chi connectivity index (χ0n) is 42.5. The number of nitrogens with zero attached hydrogens (tertiary/aromatic N) is 4. The molecule has 2 saturated carbocycles. The second kappa shape index (κ2) is 21.5. The molecule has 3 heterocycles. The molecule has 0 spiro atoms. The molecule has 0 saturated heterocycles. The highest BCUT2D eigenvalue weighted by Gasteiger charge is 2.45. The van der Waals surface area contributed by atoms with Crippen LogP contribution in [-0.4, -0.2) is 16.7 Å². The molecule has 12 rings (SSSR count). The Kier molecular flexibility index (Phi) is 14.4. The summed E-state index contributed by atoms with van der Waals surface area (Å²) in [6.45, 7) is 4.64. The maximum Gasteiger partial charge on any atom is 0.252 e. The first-order chi connectivity index (χ1) is 35.9. The summed E-state index contributed by atoms with van der Waals surface area (Å²) in [5.74, 6) is 1.90. The Balaban J connectivity index is 1.18. The van der Waals surface area contributed by atoms with E-state index in [0.29, 0.717) is 11.8 Å². The lowest BCUT2D eigenvalue weighted by Crippen LogP contribution is -2.61. The number of aromatic nitrogens is 2. The van der Waals surface area contributed by atoms with E-state index in [9.17, 15) is 0 Å². The summed E-state index contributed by atoms with van der Waals surface area (Å²) in [7, 11) is 0. The molecule has 8 aromatic rings. The van der Waals surface area contributed by atoms with Crippen LogP contribution in [0.15, 0.2) is 152 Å². The number of fused-ring (bicyclic) bond motifs is 4. The first-order valence-corrected chi connectivity index (χ1v) is 29.7. The SMILES string of the molecule is CCCCc1cc(I)cc(N2c3ccc(C4CCCCC4)cc3B3c4cc(C5CCCCC5)ccc4N(c4cc(I)cc(CCCC)c4)c4cc(-c5nc(-c6ccccc6)cc(-c6ccccc6)n5)cc2c43)c1. The van der Waals surface area contributed by atoms with Crippen molar-refractivity contribution < 1.29 is 0 Å². The molecule has 4 nitrogen and oxygen atoms in total. The summed E-state index contributed by atoms with van der Waals surface area (Å²) in [6.07, 6.45) is 19.8. The molecule has 2 aliphatic heterocycles. The van der Waals surface area contributed by atoms with Gasteiger partial charge in [0.2, 0.25) is 0 Å². The topological polar surface area (TPSA) is 32.3 Å². The van der Waals surface area contributed by atoms with Gasteiger partial charge in [-0.1, -0.05) is 150 Å². The quantitative estimate of drug-likeness (QED) is 0.0851. The number of aryl methyl sites for hydroxylation is 2. The van der Waals surface area contributed by atoms with Crippen LogP contribution in [-0.2, 0) is 12.8 Å². The molecule has 366 valence electrons. The largest absolute Gasteiger partial charge is 0.311 e. The number of hydrogen-bond donors (Lipinski definition) is 0. The Morgan fingerprint density at radius 1 is 0.466 bits per heavy atom. The van der Waals surface area contributed by atoms with Crippen LogP contribution in [0, 0.1) is 7.14 Å². The van der Waals surface area contributed by atoms with Crippen molar-refractivity contribution in [1.29, 1.82) is 0 Å². The van der Waals surface area contributed by atoms with Crippen molar-refractivity contribution in [1.82, 2.24) is 9.97 Å². The summed E-state index contributed by atoms with van der Waals surface area (Å²) in [4.78, 5) is 16.4. The van der Waals surface area contributed by atoms with E-state index < -0.39 is 0 Å². The van der Waals surface area contributed by atoms with E-state index >= 15 is 0 Å². The fourth-order valence-corrected chi connectivity index (χ4v) is 14.2.